The summed E-state index contributed by atoms with van der Waals surface area (Å²) in [6.45, 7) is 0. The fraction of sp³-hybridized carbons (Fsp3) is 0.471. The Morgan fingerprint density at radius 2 is 2.23 bits per heavy atom. The summed E-state index contributed by atoms with van der Waals surface area (Å²) in [5, 5.41) is 3.94. The van der Waals surface area contributed by atoms with Crippen molar-refractivity contribution in [1.29, 1.82) is 0 Å². The van der Waals surface area contributed by atoms with Crippen molar-refractivity contribution in [3.63, 3.8) is 0 Å². The molecule has 1 aliphatic rings. The fourth-order valence-electron chi connectivity index (χ4n) is 2.91. The maximum absolute atomic E-state index is 12.3. The highest BCUT2D eigenvalue weighted by Gasteiger charge is 2.32. The van der Waals surface area contributed by atoms with Crippen LogP contribution in [0.25, 0.3) is 11.4 Å². The molecule has 26 heavy (non-hydrogen) atoms. The van der Waals surface area contributed by atoms with Crippen molar-refractivity contribution in [2.24, 2.45) is 0 Å². The van der Waals surface area contributed by atoms with E-state index in [4.69, 9.17) is 9.26 Å². The third-order valence-electron chi connectivity index (χ3n) is 4.50. The zero-order valence-electron chi connectivity index (χ0n) is 14.7. The first-order chi connectivity index (χ1) is 12.4. The fourth-order valence-corrected chi connectivity index (χ4v) is 4.68. The van der Waals surface area contributed by atoms with E-state index in [-0.39, 0.29) is 29.9 Å². The lowest BCUT2D eigenvalue weighted by atomic mass is 10.2. The third kappa shape index (κ3) is 4.21. The van der Waals surface area contributed by atoms with Crippen molar-refractivity contribution >= 4 is 15.7 Å². The van der Waals surface area contributed by atoms with Crippen LogP contribution in [0.1, 0.15) is 18.7 Å². The highest BCUT2D eigenvalue weighted by Crippen LogP contribution is 2.22. The van der Waals surface area contributed by atoms with Gasteiger partial charge in [0.2, 0.25) is 17.6 Å². The van der Waals surface area contributed by atoms with Gasteiger partial charge in [0, 0.05) is 31.5 Å². The SMILES string of the molecule is COc1cccc(-c2noc(CCC(=O)N(C)C3CCS(=O)(=O)C3)n2)c1. The molecular weight excluding hydrogens is 358 g/mol. The molecule has 2 heterocycles. The second-order valence-electron chi connectivity index (χ2n) is 6.31. The van der Waals surface area contributed by atoms with Crippen LogP contribution in [-0.2, 0) is 21.1 Å². The van der Waals surface area contributed by atoms with Crippen LogP contribution in [0.5, 0.6) is 5.75 Å². The number of sulfone groups is 1. The molecule has 1 fully saturated rings. The van der Waals surface area contributed by atoms with Crippen molar-refractivity contribution in [1.82, 2.24) is 15.0 Å². The number of amides is 1. The lowest BCUT2D eigenvalue weighted by Crippen LogP contribution is -2.37. The third-order valence-corrected chi connectivity index (χ3v) is 6.25. The van der Waals surface area contributed by atoms with Gasteiger partial charge in [-0.25, -0.2) is 8.42 Å². The van der Waals surface area contributed by atoms with Gasteiger partial charge in [-0.2, -0.15) is 4.98 Å². The van der Waals surface area contributed by atoms with Crippen LogP contribution < -0.4 is 4.74 Å². The summed E-state index contributed by atoms with van der Waals surface area (Å²) in [5.41, 5.74) is 0.763. The van der Waals surface area contributed by atoms with Crippen LogP contribution in [-0.4, -0.2) is 61.1 Å². The van der Waals surface area contributed by atoms with Crippen molar-refractivity contribution in [3.8, 4) is 17.1 Å². The molecule has 0 saturated carbocycles. The van der Waals surface area contributed by atoms with E-state index in [0.29, 0.717) is 30.3 Å². The molecule has 1 atom stereocenters. The number of methoxy groups -OCH3 is 1. The van der Waals surface area contributed by atoms with Crippen molar-refractivity contribution in [3.05, 3.63) is 30.2 Å². The quantitative estimate of drug-likeness (QED) is 0.746. The van der Waals surface area contributed by atoms with Gasteiger partial charge in [0.1, 0.15) is 5.75 Å². The summed E-state index contributed by atoms with van der Waals surface area (Å²) < 4.78 is 33.5. The van der Waals surface area contributed by atoms with Crippen molar-refractivity contribution in [2.75, 3.05) is 25.7 Å². The molecule has 1 aliphatic heterocycles. The van der Waals surface area contributed by atoms with Crippen LogP contribution >= 0.6 is 0 Å². The molecule has 0 aliphatic carbocycles. The molecule has 8 nitrogen and oxygen atoms in total. The summed E-state index contributed by atoms with van der Waals surface area (Å²) >= 11 is 0. The Morgan fingerprint density at radius 1 is 1.42 bits per heavy atom. The normalized spacial score (nSPS) is 18.6. The number of carbonyl (C=O) groups is 1. The highest BCUT2D eigenvalue weighted by molar-refractivity contribution is 7.91. The van der Waals surface area contributed by atoms with E-state index in [2.05, 4.69) is 10.1 Å². The Morgan fingerprint density at radius 3 is 2.92 bits per heavy atom. The van der Waals surface area contributed by atoms with Gasteiger partial charge in [-0.1, -0.05) is 17.3 Å². The maximum atomic E-state index is 12.3. The second-order valence-corrected chi connectivity index (χ2v) is 8.53. The summed E-state index contributed by atoms with van der Waals surface area (Å²) in [6, 6.07) is 7.05. The number of hydrogen-bond donors (Lipinski definition) is 0. The summed E-state index contributed by atoms with van der Waals surface area (Å²) in [5.74, 6) is 1.54. The van der Waals surface area contributed by atoms with Gasteiger partial charge >= 0.3 is 0 Å². The Bertz CT molecular complexity index is 893. The lowest BCUT2D eigenvalue weighted by molar-refractivity contribution is -0.131. The molecule has 1 amide bonds. The minimum Gasteiger partial charge on any atom is -0.497 e. The smallest absolute Gasteiger partial charge is 0.227 e. The molecule has 0 bridgehead atoms. The first-order valence-electron chi connectivity index (χ1n) is 8.31. The number of nitrogens with zero attached hydrogens (tertiary/aromatic N) is 3. The van der Waals surface area contributed by atoms with E-state index < -0.39 is 9.84 Å². The largest absolute Gasteiger partial charge is 0.497 e. The standard InChI is InChI=1S/C17H21N3O5S/c1-20(13-8-9-26(22,23)11-13)16(21)7-6-15-18-17(19-25-15)12-4-3-5-14(10-12)24-2/h3-5,10,13H,6-9,11H2,1-2H3. The first kappa shape index (κ1) is 18.4. The van der Waals surface area contributed by atoms with E-state index in [1.165, 1.54) is 4.90 Å². The molecular formula is C17H21N3O5S. The molecule has 0 N–H and O–H groups in total. The first-order valence-corrected chi connectivity index (χ1v) is 10.1. The van der Waals surface area contributed by atoms with Gasteiger partial charge in [-0.15, -0.1) is 0 Å². The van der Waals surface area contributed by atoms with Gasteiger partial charge in [-0.05, 0) is 18.6 Å². The number of carbonyl (C=O) groups excluding carboxylic acids is 1. The highest BCUT2D eigenvalue weighted by atomic mass is 32.2. The molecule has 1 unspecified atom stereocenters. The van der Waals surface area contributed by atoms with Crippen LogP contribution in [0.15, 0.2) is 28.8 Å². The summed E-state index contributed by atoms with van der Waals surface area (Å²) in [4.78, 5) is 18.1. The summed E-state index contributed by atoms with van der Waals surface area (Å²) in [7, 11) is 0.205. The Labute approximate surface area is 152 Å². The average Bonchev–Trinajstić information content (AvgIpc) is 3.25. The monoisotopic (exact) mass is 379 g/mol. The zero-order valence-corrected chi connectivity index (χ0v) is 15.5. The Hall–Kier alpha value is -2.42. The molecule has 0 spiro atoms. The topological polar surface area (TPSA) is 103 Å². The minimum absolute atomic E-state index is 0.0375. The van der Waals surface area contributed by atoms with E-state index in [1.807, 2.05) is 18.2 Å². The van der Waals surface area contributed by atoms with Gasteiger partial charge in [0.05, 0.1) is 18.6 Å². The number of aryl methyl sites for hydroxylation is 1. The predicted octanol–water partition coefficient (Wildman–Crippen LogP) is 1.32. The van der Waals surface area contributed by atoms with Crippen LogP contribution in [0.2, 0.25) is 0 Å². The Kier molecular flexibility index (Phi) is 5.26. The predicted molar refractivity (Wildman–Crippen MR) is 94.4 cm³/mol. The van der Waals surface area contributed by atoms with Crippen LogP contribution in [0, 0.1) is 0 Å². The van der Waals surface area contributed by atoms with Crippen molar-refractivity contribution < 1.29 is 22.5 Å². The number of ether oxygens (including phenoxy) is 1. The number of hydrogen-bond acceptors (Lipinski definition) is 7. The van der Waals surface area contributed by atoms with Gasteiger partial charge < -0.3 is 14.2 Å². The maximum Gasteiger partial charge on any atom is 0.227 e. The average molecular weight is 379 g/mol. The molecule has 1 aromatic carbocycles. The molecule has 0 radical (unpaired) electrons. The van der Waals surface area contributed by atoms with Crippen LogP contribution in [0.3, 0.4) is 0 Å². The molecule has 1 saturated heterocycles. The molecule has 9 heteroatoms. The number of benzene rings is 1. The van der Waals surface area contributed by atoms with Gasteiger partial charge in [-0.3, -0.25) is 4.79 Å². The van der Waals surface area contributed by atoms with Gasteiger partial charge in [0.15, 0.2) is 9.84 Å². The number of aromatic nitrogens is 2. The van der Waals surface area contributed by atoms with Gasteiger partial charge in [0.25, 0.3) is 0 Å². The second kappa shape index (κ2) is 7.45. The molecule has 2 aromatic rings. The zero-order chi connectivity index (χ0) is 18.7. The molecule has 1 aromatic heterocycles. The van der Waals surface area contributed by atoms with Crippen molar-refractivity contribution in [2.45, 2.75) is 25.3 Å². The Balaban J connectivity index is 1.58. The molecule has 3 rings (SSSR count). The minimum atomic E-state index is -3.02. The molecule has 140 valence electrons. The number of rotatable bonds is 6. The lowest BCUT2D eigenvalue weighted by Gasteiger charge is -2.23. The summed E-state index contributed by atoms with van der Waals surface area (Å²) in [6.07, 6.45) is 0.984. The van der Waals surface area contributed by atoms with E-state index in [0.717, 1.165) is 5.56 Å². The van der Waals surface area contributed by atoms with E-state index in [1.54, 1.807) is 20.2 Å². The van der Waals surface area contributed by atoms with Crippen LogP contribution in [0.4, 0.5) is 0 Å². The van der Waals surface area contributed by atoms with E-state index >= 15 is 0 Å². The van der Waals surface area contributed by atoms with E-state index in [9.17, 15) is 13.2 Å².